The summed E-state index contributed by atoms with van der Waals surface area (Å²) in [5.74, 6) is -0.615. The Balaban J connectivity index is 1.96. The van der Waals surface area contributed by atoms with Crippen LogP contribution in [0.15, 0.2) is 46.3 Å². The molecule has 1 amide bonds. The number of aromatic carboxylic acids is 1. The zero-order chi connectivity index (χ0) is 21.8. The Morgan fingerprint density at radius 2 is 1.97 bits per heavy atom. The van der Waals surface area contributed by atoms with Crippen LogP contribution in [0.5, 0.6) is 17.2 Å². The van der Waals surface area contributed by atoms with E-state index < -0.39 is 5.97 Å². The van der Waals surface area contributed by atoms with Crippen LogP contribution in [-0.4, -0.2) is 52.9 Å². The van der Waals surface area contributed by atoms with Crippen LogP contribution in [0, 0.1) is 0 Å². The van der Waals surface area contributed by atoms with Crippen molar-refractivity contribution in [3.05, 3.63) is 52.4 Å². The Labute approximate surface area is 177 Å². The van der Waals surface area contributed by atoms with Crippen LogP contribution in [0.3, 0.4) is 0 Å². The molecule has 2 N–H and O–H groups in total. The molecule has 0 aliphatic carbocycles. The zero-order valence-corrected chi connectivity index (χ0v) is 17.4. The summed E-state index contributed by atoms with van der Waals surface area (Å²) in [6, 6.07) is 9.31. The van der Waals surface area contributed by atoms with Gasteiger partial charge in [-0.25, -0.2) is 9.79 Å². The summed E-state index contributed by atoms with van der Waals surface area (Å²) in [6.45, 7) is 2.23. The third kappa shape index (κ3) is 4.25. The molecular formula is C21H20N2O6S. The Morgan fingerprint density at radius 3 is 2.57 bits per heavy atom. The number of phenols is 1. The van der Waals surface area contributed by atoms with Crippen molar-refractivity contribution in [2.24, 2.45) is 4.99 Å². The number of benzene rings is 2. The van der Waals surface area contributed by atoms with Crippen molar-refractivity contribution in [2.45, 2.75) is 6.92 Å². The van der Waals surface area contributed by atoms with E-state index in [0.717, 1.165) is 5.56 Å². The summed E-state index contributed by atoms with van der Waals surface area (Å²) < 4.78 is 10.6. The van der Waals surface area contributed by atoms with E-state index in [4.69, 9.17) is 14.6 Å². The number of likely N-dealkylation sites (N-methyl/N-ethyl adjacent to an activating group) is 1. The third-order valence-corrected chi connectivity index (χ3v) is 5.37. The molecule has 2 aromatic carbocycles. The lowest BCUT2D eigenvalue weighted by Crippen LogP contribution is -2.28. The van der Waals surface area contributed by atoms with E-state index in [1.54, 1.807) is 38.5 Å². The van der Waals surface area contributed by atoms with Gasteiger partial charge in [0.1, 0.15) is 22.8 Å². The smallest absolute Gasteiger partial charge is 0.339 e. The van der Waals surface area contributed by atoms with Crippen LogP contribution >= 0.6 is 11.8 Å². The van der Waals surface area contributed by atoms with Gasteiger partial charge in [-0.1, -0.05) is 0 Å². The summed E-state index contributed by atoms with van der Waals surface area (Å²) in [5.41, 5.74) is 0.845. The van der Waals surface area contributed by atoms with Crippen LogP contribution in [0.2, 0.25) is 0 Å². The maximum atomic E-state index is 12.8. The minimum Gasteiger partial charge on any atom is -0.507 e. The molecule has 3 rings (SSSR count). The fourth-order valence-corrected chi connectivity index (χ4v) is 3.88. The molecule has 0 saturated carbocycles. The molecular weight excluding hydrogens is 408 g/mol. The average molecular weight is 428 g/mol. The van der Waals surface area contributed by atoms with Crippen LogP contribution in [-0.2, 0) is 4.79 Å². The van der Waals surface area contributed by atoms with Gasteiger partial charge in [-0.05, 0) is 49.0 Å². The number of carboxylic acid groups (broad SMARTS) is 1. The summed E-state index contributed by atoms with van der Waals surface area (Å²) in [6.07, 6.45) is 1.72. The maximum Gasteiger partial charge on any atom is 0.339 e. The predicted octanol–water partition coefficient (Wildman–Crippen LogP) is 3.73. The predicted molar refractivity (Wildman–Crippen MR) is 115 cm³/mol. The lowest BCUT2D eigenvalue weighted by molar-refractivity contribution is -0.122. The molecule has 0 spiro atoms. The zero-order valence-electron chi connectivity index (χ0n) is 16.6. The fourth-order valence-electron chi connectivity index (χ4n) is 2.83. The first kappa shape index (κ1) is 21.3. The minimum absolute atomic E-state index is 0.203. The number of amides is 1. The van der Waals surface area contributed by atoms with Crippen molar-refractivity contribution in [3.8, 4) is 17.2 Å². The molecule has 8 nitrogen and oxygen atoms in total. The van der Waals surface area contributed by atoms with Crippen molar-refractivity contribution < 1.29 is 29.3 Å². The molecule has 0 aromatic heterocycles. The summed E-state index contributed by atoms with van der Waals surface area (Å²) in [5, 5.41) is 19.3. The highest BCUT2D eigenvalue weighted by molar-refractivity contribution is 8.18. The van der Waals surface area contributed by atoms with Gasteiger partial charge < -0.3 is 19.7 Å². The van der Waals surface area contributed by atoms with E-state index >= 15 is 0 Å². The first-order chi connectivity index (χ1) is 14.4. The number of carboxylic acids is 1. The fraction of sp³-hybridized carbons (Fsp3) is 0.190. The molecule has 9 heteroatoms. The number of amidine groups is 1. The summed E-state index contributed by atoms with van der Waals surface area (Å²) in [4.78, 5) is 30.3. The van der Waals surface area contributed by atoms with E-state index in [-0.39, 0.29) is 17.2 Å². The molecule has 30 heavy (non-hydrogen) atoms. The summed E-state index contributed by atoms with van der Waals surface area (Å²) in [7, 11) is 3.10. The van der Waals surface area contributed by atoms with E-state index in [9.17, 15) is 14.7 Å². The largest absolute Gasteiger partial charge is 0.507 e. The Bertz CT molecular complexity index is 1060. The first-order valence-electron chi connectivity index (χ1n) is 8.96. The Kier molecular flexibility index (Phi) is 6.31. The van der Waals surface area contributed by atoms with Gasteiger partial charge in [0.2, 0.25) is 0 Å². The van der Waals surface area contributed by atoms with Crippen molar-refractivity contribution in [2.75, 3.05) is 20.8 Å². The van der Waals surface area contributed by atoms with Gasteiger partial charge in [0, 0.05) is 24.2 Å². The highest BCUT2D eigenvalue weighted by atomic mass is 32.2. The van der Waals surface area contributed by atoms with Crippen LogP contribution < -0.4 is 9.47 Å². The first-order valence-corrected chi connectivity index (χ1v) is 9.78. The molecule has 156 valence electrons. The van der Waals surface area contributed by atoms with Crippen LogP contribution in [0.1, 0.15) is 22.8 Å². The van der Waals surface area contributed by atoms with E-state index in [0.29, 0.717) is 33.8 Å². The van der Waals surface area contributed by atoms with Gasteiger partial charge in [-0.15, -0.1) is 0 Å². The maximum absolute atomic E-state index is 12.8. The second-order valence-electron chi connectivity index (χ2n) is 6.17. The lowest BCUT2D eigenvalue weighted by Gasteiger charge is -2.12. The normalized spacial score (nSPS) is 16.4. The van der Waals surface area contributed by atoms with Gasteiger partial charge in [0.05, 0.1) is 24.8 Å². The van der Waals surface area contributed by atoms with Crippen molar-refractivity contribution in [3.63, 3.8) is 0 Å². The monoisotopic (exact) mass is 428 g/mol. The van der Waals surface area contributed by atoms with Gasteiger partial charge in [0.25, 0.3) is 5.91 Å². The number of carbonyl (C=O) groups is 2. The Morgan fingerprint density at radius 1 is 1.20 bits per heavy atom. The minimum atomic E-state index is -1.23. The molecule has 0 bridgehead atoms. The number of rotatable bonds is 6. The molecule has 0 radical (unpaired) electrons. The average Bonchev–Trinajstić information content (AvgIpc) is 3.02. The molecule has 1 saturated heterocycles. The quantitative estimate of drug-likeness (QED) is 0.675. The van der Waals surface area contributed by atoms with Crippen LogP contribution in [0.4, 0.5) is 5.69 Å². The van der Waals surface area contributed by atoms with Gasteiger partial charge in [0.15, 0.2) is 5.17 Å². The van der Waals surface area contributed by atoms with E-state index in [2.05, 4.69) is 4.99 Å². The van der Waals surface area contributed by atoms with Gasteiger partial charge in [-0.3, -0.25) is 9.69 Å². The number of carbonyl (C=O) groups excluding carboxylic acids is 1. The third-order valence-electron chi connectivity index (χ3n) is 4.37. The second-order valence-corrected chi connectivity index (χ2v) is 7.18. The van der Waals surface area contributed by atoms with Crippen molar-refractivity contribution in [1.29, 1.82) is 0 Å². The second kappa shape index (κ2) is 8.91. The van der Waals surface area contributed by atoms with Gasteiger partial charge >= 0.3 is 5.97 Å². The van der Waals surface area contributed by atoms with Crippen molar-refractivity contribution >= 4 is 40.6 Å². The number of aromatic hydroxyl groups is 1. The highest BCUT2D eigenvalue weighted by Crippen LogP contribution is 2.36. The van der Waals surface area contributed by atoms with E-state index in [1.165, 1.54) is 34.9 Å². The topological polar surface area (TPSA) is 109 Å². The van der Waals surface area contributed by atoms with Gasteiger partial charge in [-0.2, -0.15) is 0 Å². The number of methoxy groups -OCH3 is 2. The molecule has 0 atom stereocenters. The number of aliphatic imine (C=N–C) groups is 1. The van der Waals surface area contributed by atoms with Crippen LogP contribution in [0.25, 0.3) is 6.08 Å². The molecule has 0 unspecified atom stereocenters. The van der Waals surface area contributed by atoms with Crippen molar-refractivity contribution in [1.82, 2.24) is 4.90 Å². The number of thioether (sulfide) groups is 1. The lowest BCUT2D eigenvalue weighted by atomic mass is 10.1. The molecule has 1 aliphatic heterocycles. The molecule has 1 fully saturated rings. The SMILES string of the molecule is CCN1C(=O)/C(=C/c2ccc(OC)cc2OC)SC1=Nc1ccc(C(=O)O)c(O)c1. The Hall–Kier alpha value is -3.46. The molecule has 1 heterocycles. The standard InChI is InChI=1S/C21H20N2O6S/c1-4-23-19(25)18(9-12-5-7-14(28-2)11-17(12)29-3)30-21(23)22-13-6-8-15(20(26)27)16(24)10-13/h5-11,24H,4H2,1-3H3,(H,26,27)/b18-9-,22-21?. The number of nitrogens with zero attached hydrogens (tertiary/aromatic N) is 2. The summed E-state index contributed by atoms with van der Waals surface area (Å²) >= 11 is 1.19. The number of hydrogen-bond acceptors (Lipinski definition) is 7. The number of hydrogen-bond donors (Lipinski definition) is 2. The number of ether oxygens (including phenoxy) is 2. The van der Waals surface area contributed by atoms with E-state index in [1.807, 2.05) is 6.92 Å². The highest BCUT2D eigenvalue weighted by Gasteiger charge is 2.32. The molecule has 2 aromatic rings. The molecule has 1 aliphatic rings.